The Balaban J connectivity index is 1.64. The molecule has 142 valence electrons. The fourth-order valence-corrected chi connectivity index (χ4v) is 3.86. The summed E-state index contributed by atoms with van der Waals surface area (Å²) in [6, 6.07) is 5.77. The van der Waals surface area contributed by atoms with Crippen molar-refractivity contribution in [1.82, 2.24) is 4.90 Å². The fraction of sp³-hybridized carbons (Fsp3) is 0.600. The number of benzene rings is 1. The maximum absolute atomic E-state index is 12.4. The molecular weight excluding hydrogens is 332 g/mol. The Morgan fingerprint density at radius 3 is 2.58 bits per heavy atom. The molecule has 0 aromatic heterocycles. The maximum Gasteiger partial charge on any atom is 0.313 e. The first-order valence-electron chi connectivity index (χ1n) is 9.31. The smallest absolute Gasteiger partial charge is 0.313 e. The molecule has 2 atom stereocenters. The van der Waals surface area contributed by atoms with E-state index in [2.05, 4.69) is 5.32 Å². The van der Waals surface area contributed by atoms with Crippen molar-refractivity contribution in [3.63, 3.8) is 0 Å². The Morgan fingerprint density at radius 2 is 1.96 bits per heavy atom. The molecule has 0 unspecified atom stereocenters. The van der Waals surface area contributed by atoms with E-state index in [1.165, 1.54) is 5.56 Å². The number of carbonyl (C=O) groups is 2. The van der Waals surface area contributed by atoms with Gasteiger partial charge in [-0.3, -0.25) is 14.5 Å². The van der Waals surface area contributed by atoms with Gasteiger partial charge in [-0.15, -0.1) is 0 Å². The van der Waals surface area contributed by atoms with Gasteiger partial charge >= 0.3 is 5.97 Å². The Bertz CT molecular complexity index is 701. The molecule has 0 radical (unpaired) electrons. The van der Waals surface area contributed by atoms with Gasteiger partial charge in [0.25, 0.3) is 0 Å². The molecule has 1 aliphatic heterocycles. The lowest BCUT2D eigenvalue weighted by molar-refractivity contribution is -0.165. The second-order valence-electron chi connectivity index (χ2n) is 7.97. The van der Waals surface area contributed by atoms with E-state index in [1.807, 2.05) is 36.9 Å². The first-order valence-corrected chi connectivity index (χ1v) is 9.31. The van der Waals surface area contributed by atoms with E-state index in [0.29, 0.717) is 25.3 Å². The molecule has 6 heteroatoms. The predicted molar refractivity (Wildman–Crippen MR) is 99.0 cm³/mol. The number of aliphatic hydroxyl groups excluding tert-OH is 1. The highest BCUT2D eigenvalue weighted by molar-refractivity contribution is 5.92. The zero-order valence-electron chi connectivity index (χ0n) is 15.5. The van der Waals surface area contributed by atoms with Crippen LogP contribution in [0.1, 0.15) is 36.8 Å². The van der Waals surface area contributed by atoms with Crippen LogP contribution in [-0.2, 0) is 9.59 Å². The number of piperidine rings is 1. The Labute approximate surface area is 154 Å². The fourth-order valence-electron chi connectivity index (χ4n) is 3.86. The number of hydrogen-bond acceptors (Lipinski definition) is 4. The molecule has 0 bridgehead atoms. The lowest BCUT2D eigenvalue weighted by Gasteiger charge is -2.43. The van der Waals surface area contributed by atoms with Crippen LogP contribution in [0.5, 0.6) is 0 Å². The molecule has 1 saturated carbocycles. The van der Waals surface area contributed by atoms with Crippen LogP contribution in [0, 0.1) is 25.2 Å². The first-order chi connectivity index (χ1) is 12.3. The van der Waals surface area contributed by atoms with Crippen LogP contribution in [0.4, 0.5) is 5.69 Å². The van der Waals surface area contributed by atoms with Gasteiger partial charge in [0.1, 0.15) is 5.41 Å². The number of aliphatic carboxylic acids is 1. The van der Waals surface area contributed by atoms with E-state index >= 15 is 0 Å². The minimum absolute atomic E-state index is 0.138. The summed E-state index contributed by atoms with van der Waals surface area (Å²) in [4.78, 5) is 26.2. The van der Waals surface area contributed by atoms with Gasteiger partial charge < -0.3 is 15.5 Å². The SMILES string of the molecule is Cc1ccc(NC(=O)CN2CC[C@@H](O)[C@@](CC3CC3)(C(=O)O)C2)cc1C. The van der Waals surface area contributed by atoms with Crippen molar-refractivity contribution in [1.29, 1.82) is 0 Å². The third-order valence-corrected chi connectivity index (χ3v) is 5.80. The third kappa shape index (κ3) is 4.07. The Kier molecular flexibility index (Phi) is 5.34. The van der Waals surface area contributed by atoms with Crippen LogP contribution in [0.15, 0.2) is 18.2 Å². The van der Waals surface area contributed by atoms with Crippen molar-refractivity contribution in [2.45, 2.75) is 45.6 Å². The van der Waals surface area contributed by atoms with Gasteiger partial charge in [0.2, 0.25) is 5.91 Å². The molecule has 0 spiro atoms. The van der Waals surface area contributed by atoms with Crippen LogP contribution in [0.2, 0.25) is 0 Å². The van der Waals surface area contributed by atoms with E-state index in [0.717, 1.165) is 24.1 Å². The molecule has 3 N–H and O–H groups in total. The highest BCUT2D eigenvalue weighted by Crippen LogP contribution is 2.45. The average molecular weight is 360 g/mol. The summed E-state index contributed by atoms with van der Waals surface area (Å²) in [5.74, 6) is -0.711. The highest BCUT2D eigenvalue weighted by Gasteiger charge is 2.51. The van der Waals surface area contributed by atoms with E-state index in [4.69, 9.17) is 0 Å². The van der Waals surface area contributed by atoms with Crippen LogP contribution < -0.4 is 5.32 Å². The number of nitrogens with one attached hydrogen (secondary N) is 1. The van der Waals surface area contributed by atoms with Crippen LogP contribution in [0.3, 0.4) is 0 Å². The molecule has 2 aliphatic rings. The van der Waals surface area contributed by atoms with Crippen LogP contribution in [-0.4, -0.2) is 52.7 Å². The molecule has 1 aromatic rings. The number of anilines is 1. The monoisotopic (exact) mass is 360 g/mol. The Hall–Kier alpha value is -1.92. The molecule has 3 rings (SSSR count). The number of amides is 1. The molecule has 1 heterocycles. The van der Waals surface area contributed by atoms with Gasteiger partial charge in [-0.25, -0.2) is 0 Å². The molecule has 26 heavy (non-hydrogen) atoms. The molecule has 1 aliphatic carbocycles. The quantitative estimate of drug-likeness (QED) is 0.723. The number of likely N-dealkylation sites (tertiary alicyclic amines) is 1. The lowest BCUT2D eigenvalue weighted by Crippen LogP contribution is -2.57. The number of carboxylic acids is 1. The normalized spacial score (nSPS) is 26.5. The van der Waals surface area contributed by atoms with Crippen LogP contribution >= 0.6 is 0 Å². The van der Waals surface area contributed by atoms with E-state index in [1.54, 1.807) is 0 Å². The summed E-state index contributed by atoms with van der Waals surface area (Å²) in [6.45, 7) is 4.91. The molecule has 1 aromatic carbocycles. The number of aryl methyl sites for hydroxylation is 2. The van der Waals surface area contributed by atoms with Crippen molar-refractivity contribution in [3.05, 3.63) is 29.3 Å². The van der Waals surface area contributed by atoms with Crippen molar-refractivity contribution >= 4 is 17.6 Å². The van der Waals surface area contributed by atoms with Gasteiger partial charge in [-0.1, -0.05) is 18.9 Å². The van der Waals surface area contributed by atoms with Crippen molar-refractivity contribution < 1.29 is 19.8 Å². The lowest BCUT2D eigenvalue weighted by atomic mass is 9.73. The maximum atomic E-state index is 12.4. The molecule has 1 saturated heterocycles. The predicted octanol–water partition coefficient (Wildman–Crippen LogP) is 2.18. The third-order valence-electron chi connectivity index (χ3n) is 5.80. The zero-order valence-corrected chi connectivity index (χ0v) is 15.5. The Morgan fingerprint density at radius 1 is 1.23 bits per heavy atom. The second-order valence-corrected chi connectivity index (χ2v) is 7.97. The molecule has 6 nitrogen and oxygen atoms in total. The minimum Gasteiger partial charge on any atom is -0.481 e. The van der Waals surface area contributed by atoms with Crippen LogP contribution in [0.25, 0.3) is 0 Å². The van der Waals surface area contributed by atoms with Crippen molar-refractivity contribution in [2.24, 2.45) is 11.3 Å². The first kappa shape index (κ1) is 18.9. The van der Waals surface area contributed by atoms with Crippen molar-refractivity contribution in [2.75, 3.05) is 25.0 Å². The number of hydrogen-bond donors (Lipinski definition) is 3. The summed E-state index contributed by atoms with van der Waals surface area (Å²) in [6.07, 6.45) is 2.11. The summed E-state index contributed by atoms with van der Waals surface area (Å²) < 4.78 is 0. The molecular formula is C20H28N2O4. The van der Waals surface area contributed by atoms with E-state index < -0.39 is 17.5 Å². The number of rotatable bonds is 6. The summed E-state index contributed by atoms with van der Waals surface area (Å²) >= 11 is 0. The standard InChI is InChI=1S/C20H28N2O4/c1-13-3-6-16(9-14(13)2)21-18(24)11-22-8-7-17(23)20(12-22,19(25)26)10-15-4-5-15/h3,6,9,15,17,23H,4-5,7-8,10-12H2,1-2H3,(H,21,24)(H,25,26)/t17-,20+/m1/s1. The van der Waals surface area contributed by atoms with E-state index in [-0.39, 0.29) is 19.0 Å². The largest absolute Gasteiger partial charge is 0.481 e. The highest BCUT2D eigenvalue weighted by atomic mass is 16.4. The number of carbonyl (C=O) groups excluding carboxylic acids is 1. The summed E-state index contributed by atoms with van der Waals surface area (Å²) in [5, 5.41) is 23.1. The summed E-state index contributed by atoms with van der Waals surface area (Å²) in [7, 11) is 0. The van der Waals surface area contributed by atoms with Gasteiger partial charge in [-0.2, -0.15) is 0 Å². The molecule has 2 fully saturated rings. The average Bonchev–Trinajstić information content (AvgIpc) is 3.38. The van der Waals surface area contributed by atoms with Gasteiger partial charge in [0.15, 0.2) is 0 Å². The van der Waals surface area contributed by atoms with Gasteiger partial charge in [-0.05, 0) is 55.9 Å². The minimum atomic E-state index is -1.15. The number of carboxylic acid groups (broad SMARTS) is 1. The van der Waals surface area contributed by atoms with Crippen molar-refractivity contribution in [3.8, 4) is 0 Å². The van der Waals surface area contributed by atoms with E-state index in [9.17, 15) is 19.8 Å². The zero-order chi connectivity index (χ0) is 18.9. The topological polar surface area (TPSA) is 89.9 Å². The summed E-state index contributed by atoms with van der Waals surface area (Å²) in [5.41, 5.74) is 1.87. The van der Waals surface area contributed by atoms with Gasteiger partial charge in [0.05, 0.1) is 12.6 Å². The number of nitrogens with zero attached hydrogens (tertiary/aromatic N) is 1. The van der Waals surface area contributed by atoms with Gasteiger partial charge in [0, 0.05) is 18.8 Å². The number of aliphatic hydroxyl groups is 1. The second kappa shape index (κ2) is 7.37. The molecule has 1 amide bonds.